The van der Waals surface area contributed by atoms with E-state index in [4.69, 9.17) is 16.4 Å². The van der Waals surface area contributed by atoms with Crippen LogP contribution in [-0.2, 0) is 9.63 Å². The summed E-state index contributed by atoms with van der Waals surface area (Å²) in [6.45, 7) is 2.90. The van der Waals surface area contributed by atoms with Crippen molar-refractivity contribution < 1.29 is 24.2 Å². The standard InChI is InChI=1S/C18H25ClFN3O4/c1-11-18-14(8-21-27-16(18)3-5-23(11)17(26)10-24)15(6-12(19)7-20)22-4-2-13(25)9-22/h6-8,11,13,16,18,21,24-25H,2-5,9-10H2,1H3/b12-7-,15-6+. The lowest BCUT2D eigenvalue weighted by Gasteiger charge is -2.47. The number of aliphatic hydroxyl groups is 2. The topological polar surface area (TPSA) is 85.3 Å². The number of nitrogens with zero attached hydrogens (tertiary/aromatic N) is 2. The zero-order valence-electron chi connectivity index (χ0n) is 15.1. The van der Waals surface area contributed by atoms with Gasteiger partial charge >= 0.3 is 0 Å². The van der Waals surface area contributed by atoms with Crippen molar-refractivity contribution in [1.29, 1.82) is 0 Å². The number of halogens is 2. The minimum Gasteiger partial charge on any atom is -0.391 e. The summed E-state index contributed by atoms with van der Waals surface area (Å²) in [5.74, 6) is -0.508. The van der Waals surface area contributed by atoms with Crippen molar-refractivity contribution in [1.82, 2.24) is 15.3 Å². The van der Waals surface area contributed by atoms with Crippen LogP contribution < -0.4 is 5.48 Å². The van der Waals surface area contributed by atoms with Crippen LogP contribution in [0.15, 0.2) is 34.9 Å². The van der Waals surface area contributed by atoms with Crippen LogP contribution in [0.3, 0.4) is 0 Å². The molecule has 3 rings (SSSR count). The second kappa shape index (κ2) is 8.60. The molecule has 4 atom stereocenters. The van der Waals surface area contributed by atoms with Crippen molar-refractivity contribution in [3.05, 3.63) is 34.9 Å². The Morgan fingerprint density at radius 1 is 1.48 bits per heavy atom. The van der Waals surface area contributed by atoms with Gasteiger partial charge in [-0.1, -0.05) is 11.6 Å². The number of β-amino-alcohol motifs (C(OH)–C–C–N with tert-alkyl or cyclic N) is 1. The Labute approximate surface area is 162 Å². The molecule has 3 N–H and O–H groups in total. The molecule has 7 nitrogen and oxygen atoms in total. The third-order valence-corrected chi connectivity index (χ3v) is 5.69. The van der Waals surface area contributed by atoms with E-state index in [-0.39, 0.29) is 29.0 Å². The first kappa shape index (κ1) is 20.1. The summed E-state index contributed by atoms with van der Waals surface area (Å²) in [7, 11) is 0. The van der Waals surface area contributed by atoms with Crippen molar-refractivity contribution in [2.45, 2.75) is 38.0 Å². The normalized spacial score (nSPS) is 32.1. The van der Waals surface area contributed by atoms with Gasteiger partial charge in [-0.15, -0.1) is 0 Å². The van der Waals surface area contributed by atoms with Crippen molar-refractivity contribution in [2.24, 2.45) is 5.92 Å². The molecule has 0 aromatic heterocycles. The second-order valence-corrected chi connectivity index (χ2v) is 7.52. The largest absolute Gasteiger partial charge is 0.391 e. The van der Waals surface area contributed by atoms with Crippen LogP contribution in [0.5, 0.6) is 0 Å². The number of hydroxylamine groups is 1. The smallest absolute Gasteiger partial charge is 0.248 e. The van der Waals surface area contributed by atoms with E-state index in [1.54, 1.807) is 11.1 Å². The van der Waals surface area contributed by atoms with Crippen molar-refractivity contribution in [3.8, 4) is 0 Å². The van der Waals surface area contributed by atoms with Crippen LogP contribution in [0.25, 0.3) is 0 Å². The summed E-state index contributed by atoms with van der Waals surface area (Å²) in [6, 6.07) is -0.221. The van der Waals surface area contributed by atoms with E-state index >= 15 is 0 Å². The van der Waals surface area contributed by atoms with Crippen molar-refractivity contribution >= 4 is 17.5 Å². The Morgan fingerprint density at radius 3 is 2.89 bits per heavy atom. The van der Waals surface area contributed by atoms with E-state index in [1.807, 2.05) is 11.8 Å². The van der Waals surface area contributed by atoms with E-state index in [9.17, 15) is 19.4 Å². The van der Waals surface area contributed by atoms with Crippen LogP contribution in [0, 0.1) is 5.92 Å². The average Bonchev–Trinajstić information content (AvgIpc) is 3.11. The number of hydrogen-bond donors (Lipinski definition) is 3. The van der Waals surface area contributed by atoms with E-state index in [1.165, 1.54) is 6.08 Å². The lowest BCUT2D eigenvalue weighted by molar-refractivity contribution is -0.146. The summed E-state index contributed by atoms with van der Waals surface area (Å²) in [6.07, 6.45) is 4.15. The maximum atomic E-state index is 13.0. The van der Waals surface area contributed by atoms with Gasteiger partial charge in [0.05, 0.1) is 17.2 Å². The molecular weight excluding hydrogens is 377 g/mol. The maximum absolute atomic E-state index is 13.0. The van der Waals surface area contributed by atoms with Gasteiger partial charge in [0.2, 0.25) is 5.91 Å². The fourth-order valence-electron chi connectivity index (χ4n) is 4.19. The third-order valence-electron chi connectivity index (χ3n) is 5.49. The number of rotatable bonds is 4. The molecule has 3 heterocycles. The SMILES string of the molecule is CC1C2C(/C(=C\C(Cl)=C\F)N3CCC(O)C3)=CNOC2CCN1C(=O)CO. The highest BCUT2D eigenvalue weighted by atomic mass is 35.5. The molecule has 0 aliphatic carbocycles. The molecule has 2 fully saturated rings. The van der Waals surface area contributed by atoms with Crippen molar-refractivity contribution in [3.63, 3.8) is 0 Å². The van der Waals surface area contributed by atoms with Crippen LogP contribution in [0.1, 0.15) is 19.8 Å². The van der Waals surface area contributed by atoms with Gasteiger partial charge in [0.15, 0.2) is 0 Å². The first-order valence-electron chi connectivity index (χ1n) is 9.08. The van der Waals surface area contributed by atoms with E-state index < -0.39 is 12.7 Å². The Hall–Kier alpha value is -1.61. The molecule has 3 aliphatic heterocycles. The summed E-state index contributed by atoms with van der Waals surface area (Å²) >= 11 is 5.95. The molecule has 0 aromatic rings. The molecule has 0 bridgehead atoms. The Bertz CT molecular complexity index is 669. The number of fused-ring (bicyclic) bond motifs is 1. The highest BCUT2D eigenvalue weighted by Crippen LogP contribution is 2.39. The molecule has 1 amide bonds. The Kier molecular flexibility index (Phi) is 6.41. The monoisotopic (exact) mass is 401 g/mol. The fraction of sp³-hybridized carbons (Fsp3) is 0.611. The average molecular weight is 402 g/mol. The van der Waals surface area contributed by atoms with Gasteiger partial charge in [0.25, 0.3) is 0 Å². The summed E-state index contributed by atoms with van der Waals surface area (Å²) < 4.78 is 13.0. The molecule has 2 saturated heterocycles. The van der Waals surface area contributed by atoms with Crippen LogP contribution in [0.4, 0.5) is 4.39 Å². The molecule has 0 spiro atoms. The molecule has 0 saturated carbocycles. The zero-order chi connectivity index (χ0) is 19.6. The third kappa shape index (κ3) is 4.13. The number of allylic oxidation sites excluding steroid dienone is 3. The maximum Gasteiger partial charge on any atom is 0.248 e. The molecule has 0 aromatic carbocycles. The van der Waals surface area contributed by atoms with Gasteiger partial charge in [-0.05, 0) is 25.8 Å². The number of likely N-dealkylation sites (tertiary alicyclic amines) is 2. The van der Waals surface area contributed by atoms with Crippen LogP contribution in [-0.4, -0.2) is 70.4 Å². The fourth-order valence-corrected chi connectivity index (χ4v) is 4.30. The van der Waals surface area contributed by atoms with E-state index in [0.717, 1.165) is 5.57 Å². The predicted octanol–water partition coefficient (Wildman–Crippen LogP) is 1.00. The molecule has 9 heteroatoms. The minimum absolute atomic E-state index is 0.0536. The molecule has 3 aliphatic rings. The summed E-state index contributed by atoms with van der Waals surface area (Å²) in [5.41, 5.74) is 4.35. The number of nitrogens with one attached hydrogen (secondary N) is 1. The molecule has 0 radical (unpaired) electrons. The van der Waals surface area contributed by atoms with Crippen LogP contribution in [0.2, 0.25) is 0 Å². The quantitative estimate of drug-likeness (QED) is 0.609. The number of hydrogen-bond acceptors (Lipinski definition) is 6. The number of aliphatic hydroxyl groups excluding tert-OH is 2. The van der Waals surface area contributed by atoms with Gasteiger partial charge < -0.3 is 20.0 Å². The number of carbonyl (C=O) groups is 1. The molecule has 27 heavy (non-hydrogen) atoms. The number of amides is 1. The van der Waals surface area contributed by atoms with Gasteiger partial charge in [-0.2, -0.15) is 0 Å². The zero-order valence-corrected chi connectivity index (χ0v) is 15.9. The minimum atomic E-state index is -0.544. The Balaban J connectivity index is 1.96. The highest BCUT2D eigenvalue weighted by molar-refractivity contribution is 6.31. The van der Waals surface area contributed by atoms with E-state index in [0.29, 0.717) is 44.5 Å². The van der Waals surface area contributed by atoms with Gasteiger partial charge in [-0.25, -0.2) is 4.39 Å². The molecule has 4 unspecified atom stereocenters. The van der Waals surface area contributed by atoms with Gasteiger partial charge in [0.1, 0.15) is 12.9 Å². The van der Waals surface area contributed by atoms with Crippen LogP contribution >= 0.6 is 11.6 Å². The summed E-state index contributed by atoms with van der Waals surface area (Å²) in [4.78, 5) is 21.4. The first-order chi connectivity index (χ1) is 13.0. The van der Waals surface area contributed by atoms with Gasteiger partial charge in [0, 0.05) is 49.1 Å². The lowest BCUT2D eigenvalue weighted by atomic mass is 9.79. The van der Waals surface area contributed by atoms with Gasteiger partial charge in [-0.3, -0.25) is 15.1 Å². The lowest BCUT2D eigenvalue weighted by Crippen LogP contribution is -2.56. The van der Waals surface area contributed by atoms with E-state index in [2.05, 4.69) is 5.48 Å². The number of carbonyl (C=O) groups excluding carboxylic acids is 1. The van der Waals surface area contributed by atoms with Crippen molar-refractivity contribution in [2.75, 3.05) is 26.2 Å². The first-order valence-corrected chi connectivity index (χ1v) is 9.46. The second-order valence-electron chi connectivity index (χ2n) is 7.09. The highest BCUT2D eigenvalue weighted by Gasteiger charge is 2.44. The number of piperidine rings is 1. The Morgan fingerprint density at radius 2 is 2.26 bits per heavy atom. The molecule has 150 valence electrons. The predicted molar refractivity (Wildman–Crippen MR) is 97.8 cm³/mol. The summed E-state index contributed by atoms with van der Waals surface area (Å²) in [5, 5.41) is 19.1. The molecular formula is C18H25ClFN3O4.